The van der Waals surface area contributed by atoms with E-state index < -0.39 is 41.7 Å². The predicted molar refractivity (Wildman–Crippen MR) is 308 cm³/mol. The number of aryl methyl sites for hydroxylation is 2. The molecule has 2 bridgehead atoms. The lowest BCUT2D eigenvalue weighted by Crippen LogP contribution is -2.51. The van der Waals surface area contributed by atoms with Crippen molar-refractivity contribution in [2.45, 2.75) is 140 Å². The smallest absolute Gasteiger partial charge is 0.411 e. The maximum Gasteiger partial charge on any atom is 0.411 e. The maximum atomic E-state index is 17.4. The Morgan fingerprint density at radius 2 is 1.80 bits per heavy atom. The number of halogens is 1. The van der Waals surface area contributed by atoms with Gasteiger partial charge < -0.3 is 49.5 Å². The number of amides is 3. The number of likely N-dealkylation sites (tertiary alicyclic amines) is 1. The molecule has 4 unspecified atom stereocenters. The molecule has 5 saturated heterocycles. The van der Waals surface area contributed by atoms with E-state index in [9.17, 15) is 24.6 Å². The number of hydrogen-bond donors (Lipinski definition) is 4. The number of carbonyl (C=O) groups is 3. The molecule has 82 heavy (non-hydrogen) atoms. The quantitative estimate of drug-likeness (QED) is 0.0709. The molecule has 0 spiro atoms. The molecule has 430 valence electrons. The SMILES string of the molecule is CCc1cccc2cc(O)cc(-c3ncc4c(N5CC6CCC(C5)N6)nc(OC[C@]56CCCN5[C@H](OC(=O)N(C)Cc5cc(C(C(=O)N7C[C@H](O)C[C@H]7C(=O)NC(C)c7ccc(-c8scnc8C)cc7)C(C)C)on5)CC6)nc4c3F)c12. The van der Waals surface area contributed by atoms with Gasteiger partial charge in [-0.3, -0.25) is 19.5 Å². The number of fused-ring (bicyclic) bond motifs is 5. The molecule has 21 heteroatoms. The van der Waals surface area contributed by atoms with E-state index in [1.165, 1.54) is 9.80 Å². The van der Waals surface area contributed by atoms with Gasteiger partial charge in [0, 0.05) is 76.0 Å². The zero-order valence-electron chi connectivity index (χ0n) is 47.1. The monoisotopic (exact) mass is 1140 g/mol. The Balaban J connectivity index is 0.710. The second kappa shape index (κ2) is 22.4. The number of thiazole rings is 1. The van der Waals surface area contributed by atoms with Crippen LogP contribution in [0.25, 0.3) is 43.4 Å². The Morgan fingerprint density at radius 1 is 1.01 bits per heavy atom. The van der Waals surface area contributed by atoms with Crippen LogP contribution in [0.5, 0.6) is 11.8 Å². The first kappa shape index (κ1) is 55.2. The Bertz CT molecular complexity index is 3550. The highest BCUT2D eigenvalue weighted by molar-refractivity contribution is 7.13. The number of rotatable bonds is 16. The van der Waals surface area contributed by atoms with Crippen LogP contribution in [0.2, 0.25) is 0 Å². The number of aliphatic hydroxyl groups is 1. The van der Waals surface area contributed by atoms with E-state index in [2.05, 4.69) is 30.6 Å². The number of ether oxygens (including phenoxy) is 2. The number of piperazine rings is 1. The number of aromatic nitrogens is 5. The number of benzene rings is 3. The molecule has 0 radical (unpaired) electrons. The summed E-state index contributed by atoms with van der Waals surface area (Å²) in [6, 6.07) is 18.1. The third-order valence-corrected chi connectivity index (χ3v) is 18.6. The van der Waals surface area contributed by atoms with Crippen LogP contribution in [0, 0.1) is 18.7 Å². The van der Waals surface area contributed by atoms with Gasteiger partial charge in [0.25, 0.3) is 0 Å². The normalized spacial score (nSPS) is 23.2. The number of aliphatic hydroxyl groups excluding tert-OH is 1. The van der Waals surface area contributed by atoms with Gasteiger partial charge >= 0.3 is 12.1 Å². The van der Waals surface area contributed by atoms with Gasteiger partial charge in [-0.05, 0) is 97.9 Å². The summed E-state index contributed by atoms with van der Waals surface area (Å²) in [6.45, 7) is 12.0. The van der Waals surface area contributed by atoms with Crippen molar-refractivity contribution in [1.82, 2.24) is 50.4 Å². The fraction of sp³-hybridized carbons (Fsp3) is 0.475. The first-order valence-electron chi connectivity index (χ1n) is 28.7. The van der Waals surface area contributed by atoms with Crippen molar-refractivity contribution in [3.8, 4) is 33.5 Å². The largest absolute Gasteiger partial charge is 0.508 e. The van der Waals surface area contributed by atoms with Crippen molar-refractivity contribution in [3.05, 3.63) is 106 Å². The summed E-state index contributed by atoms with van der Waals surface area (Å²) in [5.41, 5.74) is 6.29. The van der Waals surface area contributed by atoms with Crippen molar-refractivity contribution in [2.75, 3.05) is 44.7 Å². The van der Waals surface area contributed by atoms with Gasteiger partial charge in [0.15, 0.2) is 12.0 Å². The van der Waals surface area contributed by atoms with Gasteiger partial charge in [0.1, 0.15) is 52.8 Å². The Kier molecular flexibility index (Phi) is 15.1. The second-order valence-corrected chi connectivity index (χ2v) is 24.3. The highest BCUT2D eigenvalue weighted by Gasteiger charge is 2.52. The summed E-state index contributed by atoms with van der Waals surface area (Å²) in [7, 11) is 1.62. The number of phenols is 1. The molecular formula is C61H70FN11O8S. The molecule has 12 rings (SSSR count). The first-order chi connectivity index (χ1) is 39.5. The van der Waals surface area contributed by atoms with Gasteiger partial charge in [-0.25, -0.2) is 14.2 Å². The molecule has 5 aliphatic rings. The third-order valence-electron chi connectivity index (χ3n) is 17.6. The topological polar surface area (TPSA) is 225 Å². The van der Waals surface area contributed by atoms with Crippen LogP contribution in [0.15, 0.2) is 76.9 Å². The number of pyridine rings is 1. The van der Waals surface area contributed by atoms with E-state index in [1.54, 1.807) is 42.8 Å². The molecule has 19 nitrogen and oxygen atoms in total. The van der Waals surface area contributed by atoms with E-state index in [-0.39, 0.29) is 90.7 Å². The summed E-state index contributed by atoms with van der Waals surface area (Å²) in [5.74, 6) is -1.57. The van der Waals surface area contributed by atoms with E-state index in [4.69, 9.17) is 28.9 Å². The van der Waals surface area contributed by atoms with Crippen molar-refractivity contribution >= 4 is 56.7 Å². The zero-order chi connectivity index (χ0) is 57.1. The summed E-state index contributed by atoms with van der Waals surface area (Å²) < 4.78 is 36.0. The molecule has 8 atom stereocenters. The summed E-state index contributed by atoms with van der Waals surface area (Å²) >= 11 is 1.57. The average molecular weight is 1140 g/mol. The standard InChI is InChI=1S/C61H70FN11O8S/c1-7-36-10-8-11-39-22-43(74)24-45(51(36)39)53-52(62)54-46(26-63-53)56(71-28-40-16-17-41(29-71)66-40)68-59(67-54)79-31-61-19-9-21-73(61)49(18-20-61)80-60(78)70(6)27-42-23-48(81-69-42)50(33(2)3)58(77)72-30-44(75)25-47(72)57(76)65-34(4)37-12-14-38(15-13-37)55-35(5)64-32-82-55/h8,10-15,22-24,26,32-34,40-41,44,47,49-50,66,74-75H,7,9,16-21,25,27-31H2,1-6H3,(H,65,76)/t34?,40?,41?,44-,47+,49-,50?,61-/m1/s1. The molecule has 5 aliphatic heterocycles. The summed E-state index contributed by atoms with van der Waals surface area (Å²) in [6.07, 6.45) is 5.41. The second-order valence-electron chi connectivity index (χ2n) is 23.4. The van der Waals surface area contributed by atoms with Gasteiger partial charge in [0.2, 0.25) is 11.8 Å². The van der Waals surface area contributed by atoms with E-state index >= 15 is 4.39 Å². The van der Waals surface area contributed by atoms with E-state index in [0.717, 1.165) is 63.7 Å². The highest BCUT2D eigenvalue weighted by Crippen LogP contribution is 2.45. The average Bonchev–Trinajstić information content (AvgIpc) is 3.53. The lowest BCUT2D eigenvalue weighted by molar-refractivity contribution is -0.141. The number of anilines is 1. The fourth-order valence-corrected chi connectivity index (χ4v) is 14.2. The van der Waals surface area contributed by atoms with Crippen molar-refractivity contribution in [1.29, 1.82) is 0 Å². The van der Waals surface area contributed by atoms with Gasteiger partial charge in [0.05, 0.1) is 45.7 Å². The van der Waals surface area contributed by atoms with Gasteiger partial charge in [-0.1, -0.05) is 68.4 Å². The molecule has 4 N–H and O–H groups in total. The molecule has 3 aromatic carbocycles. The minimum Gasteiger partial charge on any atom is -0.508 e. The van der Waals surface area contributed by atoms with Crippen LogP contribution < -0.4 is 20.3 Å². The molecule has 9 heterocycles. The minimum absolute atomic E-state index is 0.00668. The van der Waals surface area contributed by atoms with Crippen LogP contribution in [-0.2, 0) is 27.3 Å². The summed E-state index contributed by atoms with van der Waals surface area (Å²) in [5, 5.41) is 34.8. The maximum absolute atomic E-state index is 17.4. The molecule has 0 aliphatic carbocycles. The number of β-amino-alcohol motifs (C(OH)–C–C–N with tert-alkyl or cyclic N) is 1. The van der Waals surface area contributed by atoms with Crippen LogP contribution in [0.3, 0.4) is 0 Å². The molecular weight excluding hydrogens is 1070 g/mol. The number of hydrogen-bond acceptors (Lipinski definition) is 17. The van der Waals surface area contributed by atoms with Crippen LogP contribution in [-0.4, -0.2) is 144 Å². The summed E-state index contributed by atoms with van der Waals surface area (Å²) in [4.78, 5) is 69.4. The molecule has 5 fully saturated rings. The molecule has 7 aromatic rings. The van der Waals surface area contributed by atoms with Crippen molar-refractivity contribution in [3.63, 3.8) is 0 Å². The fourth-order valence-electron chi connectivity index (χ4n) is 13.4. The van der Waals surface area contributed by atoms with Crippen molar-refractivity contribution < 1.29 is 43.0 Å². The lowest BCUT2D eigenvalue weighted by Gasteiger charge is -2.35. The predicted octanol–water partition coefficient (Wildman–Crippen LogP) is 8.79. The van der Waals surface area contributed by atoms with E-state index in [1.807, 2.05) is 82.6 Å². The van der Waals surface area contributed by atoms with Gasteiger partial charge in [-0.15, -0.1) is 11.3 Å². The zero-order valence-corrected chi connectivity index (χ0v) is 47.9. The number of aromatic hydroxyl groups is 1. The van der Waals surface area contributed by atoms with Crippen LogP contribution in [0.4, 0.5) is 15.0 Å². The van der Waals surface area contributed by atoms with E-state index in [0.29, 0.717) is 61.4 Å². The Labute approximate surface area is 479 Å². The first-order valence-corrected chi connectivity index (χ1v) is 29.6. The van der Waals surface area contributed by atoms with Crippen LogP contribution in [0.1, 0.15) is 113 Å². The molecule has 4 aromatic heterocycles. The third kappa shape index (κ3) is 10.5. The number of carbonyl (C=O) groups excluding carboxylic acids is 3. The highest BCUT2D eigenvalue weighted by atomic mass is 32.1. The van der Waals surface area contributed by atoms with Crippen molar-refractivity contribution in [2.24, 2.45) is 5.92 Å². The number of nitrogens with zero attached hydrogens (tertiary/aromatic N) is 9. The van der Waals surface area contributed by atoms with Gasteiger partial charge in [-0.2, -0.15) is 9.97 Å². The molecule has 0 saturated carbocycles. The number of nitrogens with one attached hydrogen (secondary N) is 2. The molecule has 3 amide bonds. The lowest BCUT2D eigenvalue weighted by atomic mass is 9.91. The Hall–Kier alpha value is -7.33. The van der Waals surface area contributed by atoms with Crippen LogP contribution >= 0.6 is 11.3 Å². The minimum atomic E-state index is -0.896. The Morgan fingerprint density at radius 3 is 2.55 bits per heavy atom. The number of phenolic OH excluding ortho intramolecular Hbond substituents is 1.